The second-order valence-corrected chi connectivity index (χ2v) is 4.50. The second-order valence-electron chi connectivity index (χ2n) is 4.50. The van der Waals surface area contributed by atoms with Gasteiger partial charge in [0.05, 0.1) is 13.2 Å². The first kappa shape index (κ1) is 14.3. The summed E-state index contributed by atoms with van der Waals surface area (Å²) in [5.41, 5.74) is 0.861. The minimum absolute atomic E-state index is 0.215. The minimum Gasteiger partial charge on any atom is -0.465 e. The number of rotatable bonds is 4. The first-order valence-electron chi connectivity index (χ1n) is 6.41. The van der Waals surface area contributed by atoms with Gasteiger partial charge in [-0.2, -0.15) is 0 Å². The monoisotopic (exact) mass is 279 g/mol. The van der Waals surface area contributed by atoms with E-state index >= 15 is 0 Å². The molecule has 1 fully saturated rings. The molecule has 0 bridgehead atoms. The second kappa shape index (κ2) is 6.85. The average molecular weight is 279 g/mol. The van der Waals surface area contributed by atoms with Crippen LogP contribution in [-0.2, 0) is 16.0 Å². The average Bonchev–Trinajstić information content (AvgIpc) is 2.47. The van der Waals surface area contributed by atoms with Gasteiger partial charge in [-0.15, -0.1) is 0 Å². The first-order chi connectivity index (χ1) is 9.66. The number of hydrogen-bond donors (Lipinski definition) is 2. The number of pyridine rings is 1. The van der Waals surface area contributed by atoms with Crippen molar-refractivity contribution >= 4 is 12.0 Å². The third kappa shape index (κ3) is 3.92. The Morgan fingerprint density at radius 3 is 2.60 bits per heavy atom. The van der Waals surface area contributed by atoms with E-state index in [1.54, 1.807) is 29.4 Å². The highest BCUT2D eigenvalue weighted by Gasteiger charge is 2.27. The van der Waals surface area contributed by atoms with Crippen LogP contribution in [0.25, 0.3) is 0 Å². The predicted molar refractivity (Wildman–Crippen MR) is 70.3 cm³/mol. The van der Waals surface area contributed by atoms with Gasteiger partial charge in [0.25, 0.3) is 0 Å². The molecule has 1 aromatic heterocycles. The number of morpholine rings is 1. The molecule has 2 amide bonds. The van der Waals surface area contributed by atoms with Crippen molar-refractivity contribution < 1.29 is 19.4 Å². The van der Waals surface area contributed by atoms with Crippen LogP contribution in [0.4, 0.5) is 4.79 Å². The Labute approximate surface area is 116 Å². The predicted octanol–water partition coefficient (Wildman–Crippen LogP) is 0.119. The van der Waals surface area contributed by atoms with Gasteiger partial charge in [0.1, 0.15) is 6.04 Å². The molecule has 0 aliphatic carbocycles. The fourth-order valence-corrected chi connectivity index (χ4v) is 2.11. The summed E-state index contributed by atoms with van der Waals surface area (Å²) >= 11 is 0. The zero-order valence-corrected chi connectivity index (χ0v) is 11.0. The zero-order valence-electron chi connectivity index (χ0n) is 11.0. The van der Waals surface area contributed by atoms with Crippen molar-refractivity contribution in [1.82, 2.24) is 15.2 Å². The molecule has 7 nitrogen and oxygen atoms in total. The first-order valence-corrected chi connectivity index (χ1v) is 6.41. The lowest BCUT2D eigenvalue weighted by Gasteiger charge is -2.30. The highest BCUT2D eigenvalue weighted by molar-refractivity contribution is 5.85. The Morgan fingerprint density at radius 1 is 1.35 bits per heavy atom. The van der Waals surface area contributed by atoms with Gasteiger partial charge in [0.15, 0.2) is 0 Å². The van der Waals surface area contributed by atoms with Crippen LogP contribution in [0, 0.1) is 0 Å². The minimum atomic E-state index is -1.20. The lowest BCUT2D eigenvalue weighted by molar-refractivity contribution is -0.137. The van der Waals surface area contributed by atoms with Crippen molar-refractivity contribution in [3.05, 3.63) is 30.1 Å². The van der Waals surface area contributed by atoms with Crippen LogP contribution in [0.5, 0.6) is 0 Å². The summed E-state index contributed by atoms with van der Waals surface area (Å²) in [5, 5.41) is 11.2. The highest BCUT2D eigenvalue weighted by atomic mass is 16.5. The van der Waals surface area contributed by atoms with Gasteiger partial charge in [-0.05, 0) is 17.7 Å². The van der Waals surface area contributed by atoms with Gasteiger partial charge < -0.3 is 20.1 Å². The van der Waals surface area contributed by atoms with Gasteiger partial charge in [0, 0.05) is 31.9 Å². The van der Waals surface area contributed by atoms with E-state index in [0.717, 1.165) is 5.56 Å². The Bertz CT molecular complexity index is 460. The van der Waals surface area contributed by atoms with E-state index in [1.165, 1.54) is 0 Å². The van der Waals surface area contributed by atoms with Crippen molar-refractivity contribution in [1.29, 1.82) is 0 Å². The van der Waals surface area contributed by atoms with Crippen molar-refractivity contribution in [3.63, 3.8) is 0 Å². The molecule has 108 valence electrons. The fraction of sp³-hybridized carbons (Fsp3) is 0.462. The van der Waals surface area contributed by atoms with E-state index in [2.05, 4.69) is 10.3 Å². The quantitative estimate of drug-likeness (QED) is 0.816. The summed E-state index contributed by atoms with van der Waals surface area (Å²) in [5.74, 6) is -0.215. The standard InChI is InChI=1S/C13H17N3O4/c17-12(16-5-7-20-8-6-16)11(15-13(18)19)9-10-1-3-14-4-2-10/h1-4,11,15H,5-9H2,(H,18,19)/t11-/m0/s1. The summed E-state index contributed by atoms with van der Waals surface area (Å²) in [4.78, 5) is 28.8. The number of aromatic nitrogens is 1. The van der Waals surface area contributed by atoms with Crippen molar-refractivity contribution in [2.45, 2.75) is 12.5 Å². The largest absolute Gasteiger partial charge is 0.465 e. The number of amides is 2. The van der Waals surface area contributed by atoms with E-state index in [4.69, 9.17) is 9.84 Å². The Kier molecular flexibility index (Phi) is 4.89. The summed E-state index contributed by atoms with van der Waals surface area (Å²) < 4.78 is 5.19. The molecule has 1 atom stereocenters. The zero-order chi connectivity index (χ0) is 14.4. The summed E-state index contributed by atoms with van der Waals surface area (Å²) in [6.45, 7) is 1.96. The number of ether oxygens (including phenoxy) is 1. The van der Waals surface area contributed by atoms with Gasteiger partial charge in [0.2, 0.25) is 5.91 Å². The summed E-state index contributed by atoms with van der Waals surface area (Å²) in [7, 11) is 0. The van der Waals surface area contributed by atoms with E-state index in [1.807, 2.05) is 0 Å². The van der Waals surface area contributed by atoms with Crippen LogP contribution in [0.15, 0.2) is 24.5 Å². The van der Waals surface area contributed by atoms with Gasteiger partial charge in [-0.25, -0.2) is 4.79 Å². The molecule has 0 radical (unpaired) electrons. The van der Waals surface area contributed by atoms with Crippen LogP contribution in [0.3, 0.4) is 0 Å². The number of hydrogen-bond acceptors (Lipinski definition) is 4. The molecular formula is C13H17N3O4. The van der Waals surface area contributed by atoms with E-state index in [-0.39, 0.29) is 5.91 Å². The number of carbonyl (C=O) groups is 2. The molecule has 2 rings (SSSR count). The van der Waals surface area contributed by atoms with Gasteiger partial charge in [-0.3, -0.25) is 9.78 Å². The number of nitrogens with one attached hydrogen (secondary N) is 1. The van der Waals surface area contributed by atoms with E-state index < -0.39 is 12.1 Å². The molecule has 0 unspecified atom stereocenters. The summed E-state index contributed by atoms with van der Waals surface area (Å²) in [6, 6.07) is 2.75. The van der Waals surface area contributed by atoms with Crippen LogP contribution < -0.4 is 5.32 Å². The normalized spacial score (nSPS) is 16.5. The third-order valence-corrected chi connectivity index (χ3v) is 3.11. The molecule has 2 N–H and O–H groups in total. The summed E-state index contributed by atoms with van der Waals surface area (Å²) in [6.07, 6.45) is 2.34. The maximum atomic E-state index is 12.4. The molecule has 1 saturated heterocycles. The molecule has 0 spiro atoms. The maximum absolute atomic E-state index is 12.4. The maximum Gasteiger partial charge on any atom is 0.405 e. The molecule has 0 saturated carbocycles. The molecule has 1 aromatic rings. The molecular weight excluding hydrogens is 262 g/mol. The Hall–Kier alpha value is -2.15. The van der Waals surface area contributed by atoms with Crippen LogP contribution >= 0.6 is 0 Å². The smallest absolute Gasteiger partial charge is 0.405 e. The Morgan fingerprint density at radius 2 is 2.00 bits per heavy atom. The molecule has 1 aliphatic heterocycles. The topological polar surface area (TPSA) is 91.8 Å². The number of carbonyl (C=O) groups excluding carboxylic acids is 1. The van der Waals surface area contributed by atoms with E-state index in [0.29, 0.717) is 32.7 Å². The van der Waals surface area contributed by atoms with E-state index in [9.17, 15) is 9.59 Å². The SMILES string of the molecule is O=C(O)N[C@@H](Cc1ccncc1)C(=O)N1CCOCC1. The molecule has 2 heterocycles. The van der Waals surface area contributed by atoms with Crippen LogP contribution in [-0.4, -0.2) is 59.3 Å². The molecule has 1 aliphatic rings. The molecule has 7 heteroatoms. The highest BCUT2D eigenvalue weighted by Crippen LogP contribution is 2.07. The van der Waals surface area contributed by atoms with Crippen molar-refractivity contribution in [2.24, 2.45) is 0 Å². The van der Waals surface area contributed by atoms with Gasteiger partial charge >= 0.3 is 6.09 Å². The van der Waals surface area contributed by atoms with Crippen molar-refractivity contribution in [3.8, 4) is 0 Å². The fourth-order valence-electron chi connectivity index (χ4n) is 2.11. The lowest BCUT2D eigenvalue weighted by Crippen LogP contribution is -2.52. The third-order valence-electron chi connectivity index (χ3n) is 3.11. The number of nitrogens with zero attached hydrogens (tertiary/aromatic N) is 2. The number of carboxylic acid groups (broad SMARTS) is 1. The molecule has 20 heavy (non-hydrogen) atoms. The molecule has 0 aromatic carbocycles. The van der Waals surface area contributed by atoms with Gasteiger partial charge in [-0.1, -0.05) is 0 Å². The van der Waals surface area contributed by atoms with Crippen molar-refractivity contribution in [2.75, 3.05) is 26.3 Å². The van der Waals surface area contributed by atoms with Crippen LogP contribution in [0.2, 0.25) is 0 Å². The lowest BCUT2D eigenvalue weighted by atomic mass is 10.1. The van der Waals surface area contributed by atoms with Crippen LogP contribution in [0.1, 0.15) is 5.56 Å². The Balaban J connectivity index is 2.05.